The van der Waals surface area contributed by atoms with Crippen molar-refractivity contribution in [2.45, 2.75) is 19.8 Å². The molecule has 0 saturated carbocycles. The summed E-state index contributed by atoms with van der Waals surface area (Å²) in [6, 6.07) is 15.3. The van der Waals surface area contributed by atoms with Crippen molar-refractivity contribution in [2.24, 2.45) is 5.11 Å². The second kappa shape index (κ2) is 10.9. The van der Waals surface area contributed by atoms with Crippen molar-refractivity contribution in [1.29, 1.82) is 5.53 Å². The molecule has 0 radical (unpaired) electrons. The van der Waals surface area contributed by atoms with Crippen LogP contribution in [0.3, 0.4) is 0 Å². The van der Waals surface area contributed by atoms with Gasteiger partial charge in [0.05, 0.1) is 42.5 Å². The van der Waals surface area contributed by atoms with Crippen LogP contribution in [-0.4, -0.2) is 29.2 Å². The van der Waals surface area contributed by atoms with E-state index < -0.39 is 0 Å². The van der Waals surface area contributed by atoms with Crippen molar-refractivity contribution in [1.82, 2.24) is 20.3 Å². The van der Waals surface area contributed by atoms with Crippen LogP contribution >= 0.6 is 0 Å². The minimum absolute atomic E-state index is 0.100. The second-order valence-corrected chi connectivity index (χ2v) is 6.66. The van der Waals surface area contributed by atoms with E-state index in [-0.39, 0.29) is 5.95 Å². The Labute approximate surface area is 180 Å². The molecule has 0 saturated heterocycles. The van der Waals surface area contributed by atoms with Crippen molar-refractivity contribution in [2.75, 3.05) is 20.0 Å². The molecular weight excluding hydrogens is 394 g/mol. The number of hydrogen-bond donors (Lipinski definition) is 3. The van der Waals surface area contributed by atoms with E-state index in [4.69, 9.17) is 20.7 Å². The van der Waals surface area contributed by atoms with Crippen LogP contribution in [-0.2, 0) is 29.2 Å². The third-order valence-corrected chi connectivity index (χ3v) is 4.40. The standard InChI is InChI=1S/C22H25N7O2/c1-30-13-15-6-3-4-9-18(15)19-10-20(28-22(23)27-19)21(29-24)12-25-11-16-7-5-8-17(26-16)14-31-2/h3-10,12,24-25H,11,13-14H2,1-2H3,(H2,23,27,28)/b21-12-,29-24?. The van der Waals surface area contributed by atoms with Crippen LogP contribution in [0.25, 0.3) is 17.0 Å². The van der Waals surface area contributed by atoms with Gasteiger partial charge in [0.2, 0.25) is 5.95 Å². The molecule has 160 valence electrons. The fourth-order valence-corrected chi connectivity index (χ4v) is 3.06. The van der Waals surface area contributed by atoms with Gasteiger partial charge >= 0.3 is 0 Å². The highest BCUT2D eigenvalue weighted by Gasteiger charge is 2.12. The first-order valence-electron chi connectivity index (χ1n) is 9.61. The average Bonchev–Trinajstić information content (AvgIpc) is 2.77. The van der Waals surface area contributed by atoms with Crippen LogP contribution in [0.4, 0.5) is 5.95 Å². The van der Waals surface area contributed by atoms with E-state index in [9.17, 15) is 0 Å². The highest BCUT2D eigenvalue weighted by molar-refractivity contribution is 5.70. The molecule has 31 heavy (non-hydrogen) atoms. The quantitative estimate of drug-likeness (QED) is 0.428. The van der Waals surface area contributed by atoms with E-state index in [2.05, 4.69) is 25.4 Å². The Kier molecular flexibility index (Phi) is 7.74. The molecular formula is C22H25N7O2. The Balaban J connectivity index is 1.83. The Morgan fingerprint density at radius 2 is 1.81 bits per heavy atom. The van der Waals surface area contributed by atoms with Gasteiger partial charge in [0.15, 0.2) is 0 Å². The molecule has 0 amide bonds. The molecule has 0 aliphatic rings. The van der Waals surface area contributed by atoms with Crippen LogP contribution in [0.5, 0.6) is 0 Å². The summed E-state index contributed by atoms with van der Waals surface area (Å²) in [5, 5.41) is 6.74. The summed E-state index contributed by atoms with van der Waals surface area (Å²) in [5.41, 5.74) is 18.5. The van der Waals surface area contributed by atoms with Gasteiger partial charge in [0.25, 0.3) is 0 Å². The van der Waals surface area contributed by atoms with Crippen molar-refractivity contribution in [3.8, 4) is 11.3 Å². The number of nitrogens with zero attached hydrogens (tertiary/aromatic N) is 4. The third kappa shape index (κ3) is 5.91. The number of rotatable bonds is 10. The highest BCUT2D eigenvalue weighted by Crippen LogP contribution is 2.26. The molecule has 2 heterocycles. The molecule has 9 heteroatoms. The zero-order valence-corrected chi connectivity index (χ0v) is 17.5. The molecule has 2 aromatic heterocycles. The topological polar surface area (TPSA) is 131 Å². The van der Waals surface area contributed by atoms with Crippen LogP contribution in [0.2, 0.25) is 0 Å². The summed E-state index contributed by atoms with van der Waals surface area (Å²) >= 11 is 0. The van der Waals surface area contributed by atoms with E-state index in [1.54, 1.807) is 26.5 Å². The maximum atomic E-state index is 7.59. The lowest BCUT2D eigenvalue weighted by atomic mass is 10.0. The van der Waals surface area contributed by atoms with E-state index >= 15 is 0 Å². The summed E-state index contributed by atoms with van der Waals surface area (Å²) in [7, 11) is 3.27. The number of aromatic nitrogens is 3. The smallest absolute Gasteiger partial charge is 0.221 e. The van der Waals surface area contributed by atoms with Crippen LogP contribution in [0.15, 0.2) is 59.8 Å². The number of pyridine rings is 1. The molecule has 0 bridgehead atoms. The van der Waals surface area contributed by atoms with Crippen molar-refractivity contribution >= 4 is 11.6 Å². The normalized spacial score (nSPS) is 11.4. The van der Waals surface area contributed by atoms with Crippen LogP contribution < -0.4 is 11.1 Å². The molecule has 0 unspecified atom stereocenters. The van der Waals surface area contributed by atoms with E-state index in [0.717, 1.165) is 22.5 Å². The van der Waals surface area contributed by atoms with Gasteiger partial charge in [0, 0.05) is 26.0 Å². The van der Waals surface area contributed by atoms with Gasteiger partial charge in [-0.1, -0.05) is 30.3 Å². The predicted octanol–water partition coefficient (Wildman–Crippen LogP) is 3.53. The predicted molar refractivity (Wildman–Crippen MR) is 118 cm³/mol. The molecule has 0 aliphatic heterocycles. The SMILES string of the molecule is COCc1cccc(CN/C=C(\N=N)c2cc(-c3ccccc3COC)nc(N)n2)n1. The lowest BCUT2D eigenvalue weighted by Gasteiger charge is -2.10. The monoisotopic (exact) mass is 419 g/mol. The lowest BCUT2D eigenvalue weighted by Crippen LogP contribution is -2.09. The Hall–Kier alpha value is -3.69. The number of nitrogen functional groups attached to an aromatic ring is 1. The largest absolute Gasteiger partial charge is 0.383 e. The number of nitrogens with two attached hydrogens (primary N) is 1. The molecule has 4 N–H and O–H groups in total. The average molecular weight is 419 g/mol. The summed E-state index contributed by atoms with van der Waals surface area (Å²) in [6.07, 6.45) is 1.62. The first kappa shape index (κ1) is 22.0. The third-order valence-electron chi connectivity index (χ3n) is 4.40. The molecule has 0 atom stereocenters. The number of benzene rings is 1. The van der Waals surface area contributed by atoms with Gasteiger partial charge in [-0.2, -0.15) is 5.11 Å². The van der Waals surface area contributed by atoms with Gasteiger partial charge < -0.3 is 20.5 Å². The zero-order valence-electron chi connectivity index (χ0n) is 17.5. The highest BCUT2D eigenvalue weighted by atomic mass is 16.5. The van der Waals surface area contributed by atoms with Crippen LogP contribution in [0, 0.1) is 5.53 Å². The number of nitrogens with one attached hydrogen (secondary N) is 2. The number of ether oxygens (including phenoxy) is 2. The van der Waals surface area contributed by atoms with Gasteiger partial charge in [-0.25, -0.2) is 15.5 Å². The van der Waals surface area contributed by atoms with Gasteiger partial charge in [-0.3, -0.25) is 4.98 Å². The Morgan fingerprint density at radius 1 is 1.03 bits per heavy atom. The molecule has 1 aromatic carbocycles. The molecule has 0 spiro atoms. The Morgan fingerprint density at radius 3 is 2.58 bits per heavy atom. The minimum atomic E-state index is 0.100. The number of anilines is 1. The van der Waals surface area contributed by atoms with Gasteiger partial charge in [-0.05, 0) is 23.8 Å². The van der Waals surface area contributed by atoms with E-state index in [1.165, 1.54) is 0 Å². The Bertz CT molecular complexity index is 1070. The van der Waals surface area contributed by atoms with Gasteiger partial charge in [-0.15, -0.1) is 0 Å². The summed E-state index contributed by atoms with van der Waals surface area (Å²) in [6.45, 7) is 1.35. The summed E-state index contributed by atoms with van der Waals surface area (Å²) in [4.78, 5) is 13.1. The maximum Gasteiger partial charge on any atom is 0.221 e. The summed E-state index contributed by atoms with van der Waals surface area (Å²) < 4.78 is 10.4. The zero-order chi connectivity index (χ0) is 22.1. The molecule has 3 rings (SSSR count). The first-order valence-corrected chi connectivity index (χ1v) is 9.61. The molecule has 0 aliphatic carbocycles. The number of methoxy groups -OCH3 is 2. The maximum absolute atomic E-state index is 7.59. The fourth-order valence-electron chi connectivity index (χ4n) is 3.06. The molecule has 9 nitrogen and oxygen atoms in total. The van der Waals surface area contributed by atoms with Crippen molar-refractivity contribution < 1.29 is 9.47 Å². The second-order valence-electron chi connectivity index (χ2n) is 6.66. The van der Waals surface area contributed by atoms with E-state index in [1.807, 2.05) is 42.5 Å². The van der Waals surface area contributed by atoms with Crippen LogP contribution in [0.1, 0.15) is 22.6 Å². The molecule has 3 aromatic rings. The lowest BCUT2D eigenvalue weighted by molar-refractivity contribution is 0.181. The van der Waals surface area contributed by atoms with Crippen molar-refractivity contribution in [3.63, 3.8) is 0 Å². The van der Waals surface area contributed by atoms with Gasteiger partial charge in [0.1, 0.15) is 5.70 Å². The summed E-state index contributed by atoms with van der Waals surface area (Å²) in [5.74, 6) is 0.100. The first-order chi connectivity index (χ1) is 15.1. The number of hydrogen-bond acceptors (Lipinski definition) is 9. The minimum Gasteiger partial charge on any atom is -0.383 e. The fraction of sp³-hybridized carbons (Fsp3) is 0.227. The van der Waals surface area contributed by atoms with Crippen molar-refractivity contribution in [3.05, 3.63) is 77.4 Å². The van der Waals surface area contributed by atoms with E-state index in [0.29, 0.717) is 36.8 Å². The molecule has 0 fully saturated rings.